The number of aromatic amines is 1. The molecule has 6 heteroatoms. The molecule has 0 fully saturated rings. The molecule has 0 radical (unpaired) electrons. The number of nitrogens with zero attached hydrogens (tertiary/aromatic N) is 1. The highest BCUT2D eigenvalue weighted by atomic mass is 19.3. The number of nitrogens with one attached hydrogen (secondary N) is 1. The van der Waals surface area contributed by atoms with Crippen molar-refractivity contribution in [2.45, 2.75) is 19.4 Å². The highest BCUT2D eigenvalue weighted by Crippen LogP contribution is 1.99. The third-order valence-corrected chi connectivity index (χ3v) is 1.49. The van der Waals surface area contributed by atoms with Gasteiger partial charge in [0.05, 0.1) is 0 Å². The molecular formula is C7H8F2N2O2. The first kappa shape index (κ1) is 9.63. The van der Waals surface area contributed by atoms with Gasteiger partial charge in [0, 0.05) is 25.2 Å². The van der Waals surface area contributed by atoms with Gasteiger partial charge in [0.25, 0.3) is 5.56 Å². The molecule has 1 rings (SSSR count). The number of halogens is 2. The fourth-order valence-electron chi connectivity index (χ4n) is 0.857. The first-order chi connectivity index (χ1) is 6.09. The minimum Gasteiger partial charge on any atom is -0.300 e. The molecule has 1 aromatic rings. The van der Waals surface area contributed by atoms with Crippen molar-refractivity contribution >= 4 is 0 Å². The van der Waals surface area contributed by atoms with Crippen molar-refractivity contribution in [2.75, 3.05) is 0 Å². The Labute approximate surface area is 71.8 Å². The van der Waals surface area contributed by atoms with Gasteiger partial charge in [-0.05, 0) is 0 Å². The normalized spacial score (nSPS) is 10.7. The van der Waals surface area contributed by atoms with Gasteiger partial charge in [-0.2, -0.15) is 0 Å². The predicted octanol–water partition coefficient (Wildman–Crippen LogP) is 0.192. The molecule has 0 unspecified atom stereocenters. The van der Waals surface area contributed by atoms with Crippen molar-refractivity contribution in [1.29, 1.82) is 0 Å². The number of aromatic nitrogens is 2. The maximum atomic E-state index is 11.7. The van der Waals surface area contributed by atoms with Crippen molar-refractivity contribution in [1.82, 2.24) is 9.55 Å². The first-order valence-corrected chi connectivity index (χ1v) is 3.67. The van der Waals surface area contributed by atoms with Crippen molar-refractivity contribution < 1.29 is 8.78 Å². The van der Waals surface area contributed by atoms with Gasteiger partial charge in [-0.1, -0.05) is 0 Å². The third kappa shape index (κ3) is 2.81. The van der Waals surface area contributed by atoms with E-state index in [9.17, 15) is 18.4 Å². The zero-order chi connectivity index (χ0) is 9.84. The lowest BCUT2D eigenvalue weighted by Gasteiger charge is -2.02. The van der Waals surface area contributed by atoms with E-state index in [1.54, 1.807) is 0 Å². The number of rotatable bonds is 3. The van der Waals surface area contributed by atoms with Gasteiger partial charge in [-0.3, -0.25) is 9.78 Å². The average Bonchev–Trinajstić information content (AvgIpc) is 2.02. The van der Waals surface area contributed by atoms with Crippen LogP contribution in [0.2, 0.25) is 0 Å². The Hall–Kier alpha value is -1.46. The Morgan fingerprint density at radius 1 is 1.46 bits per heavy atom. The quantitative estimate of drug-likeness (QED) is 0.739. The van der Waals surface area contributed by atoms with E-state index in [4.69, 9.17) is 0 Å². The van der Waals surface area contributed by atoms with E-state index in [1.165, 1.54) is 6.20 Å². The van der Waals surface area contributed by atoms with Gasteiger partial charge in [-0.25, -0.2) is 13.6 Å². The molecular weight excluding hydrogens is 182 g/mol. The molecule has 1 aromatic heterocycles. The topological polar surface area (TPSA) is 54.9 Å². The molecule has 0 aliphatic heterocycles. The van der Waals surface area contributed by atoms with E-state index in [-0.39, 0.29) is 6.54 Å². The minimum atomic E-state index is -2.45. The molecule has 0 aliphatic carbocycles. The fraction of sp³-hybridized carbons (Fsp3) is 0.429. The zero-order valence-corrected chi connectivity index (χ0v) is 6.67. The highest BCUT2D eigenvalue weighted by Gasteiger charge is 2.03. The number of aryl methyl sites for hydroxylation is 1. The second-order valence-corrected chi connectivity index (χ2v) is 2.48. The lowest BCUT2D eigenvalue weighted by atomic mass is 10.4. The van der Waals surface area contributed by atoms with Crippen LogP contribution in [0.4, 0.5) is 8.78 Å². The smallest absolute Gasteiger partial charge is 0.300 e. The lowest BCUT2D eigenvalue weighted by Crippen LogP contribution is -2.29. The van der Waals surface area contributed by atoms with Crippen LogP contribution in [0.25, 0.3) is 0 Å². The number of H-pyrrole nitrogens is 1. The maximum absolute atomic E-state index is 11.7. The van der Waals surface area contributed by atoms with Crippen molar-refractivity contribution in [3.63, 3.8) is 0 Å². The molecule has 0 bridgehead atoms. The molecule has 72 valence electrons. The summed E-state index contributed by atoms with van der Waals surface area (Å²) in [5, 5.41) is 0. The maximum Gasteiger partial charge on any atom is 0.328 e. The van der Waals surface area contributed by atoms with Gasteiger partial charge in [-0.15, -0.1) is 0 Å². The predicted molar refractivity (Wildman–Crippen MR) is 41.9 cm³/mol. The van der Waals surface area contributed by atoms with Gasteiger partial charge >= 0.3 is 5.69 Å². The van der Waals surface area contributed by atoms with Gasteiger partial charge in [0.1, 0.15) is 0 Å². The summed E-state index contributed by atoms with van der Waals surface area (Å²) in [5.41, 5.74) is -1.19. The molecule has 4 nitrogen and oxygen atoms in total. The first-order valence-electron chi connectivity index (χ1n) is 3.67. The van der Waals surface area contributed by atoms with Crippen molar-refractivity contribution in [2.24, 2.45) is 0 Å². The molecule has 1 heterocycles. The van der Waals surface area contributed by atoms with Crippen molar-refractivity contribution in [3.8, 4) is 0 Å². The van der Waals surface area contributed by atoms with Crippen LogP contribution in [0, 0.1) is 0 Å². The summed E-state index contributed by atoms with van der Waals surface area (Å²) in [4.78, 5) is 23.4. The summed E-state index contributed by atoms with van der Waals surface area (Å²) in [7, 11) is 0. The molecule has 0 spiro atoms. The molecule has 13 heavy (non-hydrogen) atoms. The second-order valence-electron chi connectivity index (χ2n) is 2.48. The van der Waals surface area contributed by atoms with Gasteiger partial charge in [0.2, 0.25) is 6.43 Å². The summed E-state index contributed by atoms with van der Waals surface area (Å²) in [6, 6.07) is 1.12. The summed E-state index contributed by atoms with van der Waals surface area (Å²) in [6.45, 7) is -0.0900. The molecule has 0 aliphatic rings. The second kappa shape index (κ2) is 3.97. The Bertz CT molecular complexity index is 383. The van der Waals surface area contributed by atoms with Crippen LogP contribution in [0.5, 0.6) is 0 Å². The standard InChI is InChI=1S/C7H8F2N2O2/c8-5(9)1-3-11-4-2-6(12)10-7(11)13/h2,4-5H,1,3H2,(H,10,12,13). The summed E-state index contributed by atoms with van der Waals surface area (Å²) in [6.07, 6.45) is -1.64. The van der Waals surface area contributed by atoms with Crippen LogP contribution >= 0.6 is 0 Å². The number of alkyl halides is 2. The van der Waals surface area contributed by atoms with E-state index in [0.717, 1.165) is 10.6 Å². The zero-order valence-electron chi connectivity index (χ0n) is 6.67. The van der Waals surface area contributed by atoms with Crippen LogP contribution in [-0.2, 0) is 6.54 Å². The van der Waals surface area contributed by atoms with Crippen LogP contribution < -0.4 is 11.2 Å². The average molecular weight is 190 g/mol. The summed E-state index contributed by atoms with van der Waals surface area (Å²) >= 11 is 0. The molecule has 0 saturated heterocycles. The number of hydrogen-bond acceptors (Lipinski definition) is 2. The molecule has 0 aromatic carbocycles. The minimum absolute atomic E-state index is 0.0900. The Kier molecular flexibility index (Phi) is 2.94. The van der Waals surface area contributed by atoms with Crippen LogP contribution in [-0.4, -0.2) is 16.0 Å². The van der Waals surface area contributed by atoms with Crippen LogP contribution in [0.15, 0.2) is 21.9 Å². The van der Waals surface area contributed by atoms with Crippen LogP contribution in [0.1, 0.15) is 6.42 Å². The van der Waals surface area contributed by atoms with Crippen LogP contribution in [0.3, 0.4) is 0 Å². The Morgan fingerprint density at radius 3 is 2.69 bits per heavy atom. The third-order valence-electron chi connectivity index (χ3n) is 1.49. The molecule has 1 N–H and O–H groups in total. The molecule has 0 saturated carbocycles. The van der Waals surface area contributed by atoms with E-state index < -0.39 is 24.1 Å². The Balaban J connectivity index is 2.79. The number of hydrogen-bond donors (Lipinski definition) is 1. The largest absolute Gasteiger partial charge is 0.328 e. The molecule has 0 amide bonds. The SMILES string of the molecule is O=c1ccn(CCC(F)F)c(=O)[nH]1. The van der Waals surface area contributed by atoms with E-state index in [0.29, 0.717) is 0 Å². The lowest BCUT2D eigenvalue weighted by molar-refractivity contribution is 0.131. The Morgan fingerprint density at radius 2 is 2.15 bits per heavy atom. The summed E-state index contributed by atoms with van der Waals surface area (Å²) in [5.74, 6) is 0. The summed E-state index contributed by atoms with van der Waals surface area (Å²) < 4.78 is 24.5. The van der Waals surface area contributed by atoms with Gasteiger partial charge in [0.15, 0.2) is 0 Å². The van der Waals surface area contributed by atoms with E-state index >= 15 is 0 Å². The van der Waals surface area contributed by atoms with E-state index in [1.807, 2.05) is 4.98 Å². The fourth-order valence-corrected chi connectivity index (χ4v) is 0.857. The van der Waals surface area contributed by atoms with Gasteiger partial charge < -0.3 is 4.57 Å². The van der Waals surface area contributed by atoms with Crippen molar-refractivity contribution in [3.05, 3.63) is 33.1 Å². The molecule has 0 atom stereocenters. The van der Waals surface area contributed by atoms with E-state index in [2.05, 4.69) is 0 Å². The highest BCUT2D eigenvalue weighted by molar-refractivity contribution is 4.82. The monoisotopic (exact) mass is 190 g/mol.